The van der Waals surface area contributed by atoms with Gasteiger partial charge in [0, 0.05) is 30.7 Å². The summed E-state index contributed by atoms with van der Waals surface area (Å²) in [5, 5.41) is 0. The number of amides is 1. The van der Waals surface area contributed by atoms with Gasteiger partial charge < -0.3 is 9.64 Å². The number of piperazine rings is 1. The molecule has 0 saturated carbocycles. The van der Waals surface area contributed by atoms with E-state index in [0.717, 1.165) is 0 Å². The van der Waals surface area contributed by atoms with Crippen LogP contribution in [0.4, 0.5) is 0 Å². The van der Waals surface area contributed by atoms with Crippen molar-refractivity contribution in [2.75, 3.05) is 32.8 Å². The van der Waals surface area contributed by atoms with E-state index in [1.54, 1.807) is 54.6 Å². The Kier molecular flexibility index (Phi) is 6.48. The fourth-order valence-corrected chi connectivity index (χ4v) is 4.73. The summed E-state index contributed by atoms with van der Waals surface area (Å²) in [7, 11) is -3.57. The van der Waals surface area contributed by atoms with E-state index in [1.807, 2.05) is 0 Å². The van der Waals surface area contributed by atoms with Gasteiger partial charge in [0.05, 0.1) is 10.5 Å². The minimum atomic E-state index is -3.57. The number of rotatable bonds is 5. The van der Waals surface area contributed by atoms with Crippen LogP contribution in [0, 0.1) is 0 Å². The molecule has 2 aromatic carbocycles. The molecule has 0 unspecified atom stereocenters. The summed E-state index contributed by atoms with van der Waals surface area (Å²) in [5.41, 5.74) is 0.342. The standard InChI is InChI=1S/C19H19BrN2O5S/c20-17-9-5-4-8-16(17)19(24)27-14-18(23)21-10-12-22(13-11-21)28(25,26)15-6-2-1-3-7-15/h1-9H,10-14H2. The molecule has 0 spiro atoms. The molecule has 1 aliphatic rings. The van der Waals surface area contributed by atoms with Gasteiger partial charge in [-0.05, 0) is 40.2 Å². The number of hydrogen-bond acceptors (Lipinski definition) is 5. The van der Waals surface area contributed by atoms with E-state index in [-0.39, 0.29) is 43.6 Å². The summed E-state index contributed by atoms with van der Waals surface area (Å²) in [6.07, 6.45) is 0. The Hall–Kier alpha value is -2.23. The molecule has 0 N–H and O–H groups in total. The molecule has 1 saturated heterocycles. The molecule has 0 atom stereocenters. The number of esters is 1. The van der Waals surface area contributed by atoms with Crippen molar-refractivity contribution < 1.29 is 22.7 Å². The lowest BCUT2D eigenvalue weighted by molar-refractivity contribution is -0.135. The molecule has 0 bridgehead atoms. The molecule has 1 fully saturated rings. The van der Waals surface area contributed by atoms with Crippen LogP contribution in [0.5, 0.6) is 0 Å². The Bertz CT molecular complexity index is 957. The van der Waals surface area contributed by atoms with Crippen molar-refractivity contribution in [2.45, 2.75) is 4.90 Å². The van der Waals surface area contributed by atoms with Gasteiger partial charge in [0.25, 0.3) is 5.91 Å². The number of carbonyl (C=O) groups excluding carboxylic acids is 2. The predicted molar refractivity (Wildman–Crippen MR) is 106 cm³/mol. The van der Waals surface area contributed by atoms with Gasteiger partial charge in [-0.25, -0.2) is 13.2 Å². The summed E-state index contributed by atoms with van der Waals surface area (Å²) in [6.45, 7) is 0.503. The first-order valence-electron chi connectivity index (χ1n) is 8.64. The molecule has 148 valence electrons. The third kappa shape index (κ3) is 4.60. The average molecular weight is 467 g/mol. The minimum absolute atomic E-state index is 0.196. The van der Waals surface area contributed by atoms with Crippen LogP contribution in [0.15, 0.2) is 64.0 Å². The van der Waals surface area contributed by atoms with Crippen molar-refractivity contribution in [1.29, 1.82) is 0 Å². The normalized spacial score (nSPS) is 15.2. The van der Waals surface area contributed by atoms with Crippen molar-refractivity contribution in [2.24, 2.45) is 0 Å². The third-order valence-electron chi connectivity index (χ3n) is 4.39. The van der Waals surface area contributed by atoms with Crippen LogP contribution in [-0.4, -0.2) is 62.3 Å². The van der Waals surface area contributed by atoms with E-state index in [4.69, 9.17) is 4.74 Å². The van der Waals surface area contributed by atoms with E-state index < -0.39 is 16.0 Å². The molecule has 0 radical (unpaired) electrons. The van der Waals surface area contributed by atoms with E-state index in [2.05, 4.69) is 15.9 Å². The molecule has 1 heterocycles. The molecular formula is C19H19BrN2O5S. The zero-order valence-corrected chi connectivity index (χ0v) is 17.4. The van der Waals surface area contributed by atoms with Gasteiger partial charge in [-0.15, -0.1) is 0 Å². The summed E-state index contributed by atoms with van der Waals surface area (Å²) in [5.74, 6) is -0.941. The zero-order valence-electron chi connectivity index (χ0n) is 15.0. The SMILES string of the molecule is O=C(OCC(=O)N1CCN(S(=O)(=O)c2ccccc2)CC1)c1ccccc1Br. The van der Waals surface area contributed by atoms with Crippen molar-refractivity contribution >= 4 is 37.8 Å². The second-order valence-corrected chi connectivity index (χ2v) is 8.95. The summed E-state index contributed by atoms with van der Waals surface area (Å²) >= 11 is 3.27. The lowest BCUT2D eigenvalue weighted by Gasteiger charge is -2.33. The van der Waals surface area contributed by atoms with Gasteiger partial charge in [0.1, 0.15) is 0 Å². The fourth-order valence-electron chi connectivity index (χ4n) is 2.84. The van der Waals surface area contributed by atoms with Gasteiger partial charge in [-0.3, -0.25) is 4.79 Å². The Morgan fingerprint density at radius 3 is 2.18 bits per heavy atom. The predicted octanol–water partition coefficient (Wildman–Crippen LogP) is 2.14. The Balaban J connectivity index is 1.53. The van der Waals surface area contributed by atoms with Crippen LogP contribution >= 0.6 is 15.9 Å². The van der Waals surface area contributed by atoms with E-state index in [1.165, 1.54) is 9.21 Å². The Labute approximate surface area is 172 Å². The van der Waals surface area contributed by atoms with Crippen molar-refractivity contribution in [3.05, 3.63) is 64.6 Å². The van der Waals surface area contributed by atoms with Crippen LogP contribution < -0.4 is 0 Å². The average Bonchev–Trinajstić information content (AvgIpc) is 2.73. The third-order valence-corrected chi connectivity index (χ3v) is 7.00. The number of carbonyl (C=O) groups is 2. The maximum Gasteiger partial charge on any atom is 0.339 e. The van der Waals surface area contributed by atoms with Crippen molar-refractivity contribution in [3.63, 3.8) is 0 Å². The number of sulfonamides is 1. The maximum atomic E-state index is 12.6. The maximum absolute atomic E-state index is 12.6. The highest BCUT2D eigenvalue weighted by molar-refractivity contribution is 9.10. The highest BCUT2D eigenvalue weighted by Crippen LogP contribution is 2.18. The number of ether oxygens (including phenoxy) is 1. The summed E-state index contributed by atoms with van der Waals surface area (Å²) < 4.78 is 32.3. The molecule has 1 amide bonds. The number of benzene rings is 2. The van der Waals surface area contributed by atoms with Crippen molar-refractivity contribution in [3.8, 4) is 0 Å². The van der Waals surface area contributed by atoms with E-state index >= 15 is 0 Å². The molecule has 1 aliphatic heterocycles. The number of halogens is 1. The van der Waals surface area contributed by atoms with Gasteiger partial charge in [0.2, 0.25) is 10.0 Å². The van der Waals surface area contributed by atoms with Crippen molar-refractivity contribution in [1.82, 2.24) is 9.21 Å². The Morgan fingerprint density at radius 2 is 1.54 bits per heavy atom. The molecular weight excluding hydrogens is 448 g/mol. The van der Waals surface area contributed by atoms with E-state index in [0.29, 0.717) is 10.0 Å². The Morgan fingerprint density at radius 1 is 0.929 bits per heavy atom. The second-order valence-electron chi connectivity index (χ2n) is 6.15. The van der Waals surface area contributed by atoms with Crippen LogP contribution in [0.1, 0.15) is 10.4 Å². The number of nitrogens with zero attached hydrogens (tertiary/aromatic N) is 2. The zero-order chi connectivity index (χ0) is 20.1. The van der Waals surface area contributed by atoms with Gasteiger partial charge >= 0.3 is 5.97 Å². The molecule has 2 aromatic rings. The fraction of sp³-hybridized carbons (Fsp3) is 0.263. The molecule has 28 heavy (non-hydrogen) atoms. The van der Waals surface area contributed by atoms with Crippen LogP contribution in [-0.2, 0) is 19.6 Å². The van der Waals surface area contributed by atoms with Crippen LogP contribution in [0.25, 0.3) is 0 Å². The smallest absolute Gasteiger partial charge is 0.339 e. The topological polar surface area (TPSA) is 84.0 Å². The molecule has 0 aliphatic carbocycles. The molecule has 7 nitrogen and oxygen atoms in total. The first kappa shape index (κ1) is 20.5. The molecule has 0 aromatic heterocycles. The van der Waals surface area contributed by atoms with Gasteiger partial charge in [-0.2, -0.15) is 4.31 Å². The lowest BCUT2D eigenvalue weighted by Crippen LogP contribution is -2.51. The molecule has 9 heteroatoms. The summed E-state index contributed by atoms with van der Waals surface area (Å²) in [6, 6.07) is 15.0. The first-order valence-corrected chi connectivity index (χ1v) is 10.9. The van der Waals surface area contributed by atoms with Crippen LogP contribution in [0.2, 0.25) is 0 Å². The number of hydrogen-bond donors (Lipinski definition) is 0. The quantitative estimate of drug-likeness (QED) is 0.630. The van der Waals surface area contributed by atoms with Gasteiger partial charge in [-0.1, -0.05) is 30.3 Å². The highest BCUT2D eigenvalue weighted by atomic mass is 79.9. The van der Waals surface area contributed by atoms with E-state index in [9.17, 15) is 18.0 Å². The van der Waals surface area contributed by atoms with Crippen LogP contribution in [0.3, 0.4) is 0 Å². The lowest BCUT2D eigenvalue weighted by atomic mass is 10.2. The minimum Gasteiger partial charge on any atom is -0.452 e. The highest BCUT2D eigenvalue weighted by Gasteiger charge is 2.30. The molecule has 3 rings (SSSR count). The first-order chi connectivity index (χ1) is 13.4. The second kappa shape index (κ2) is 8.85. The summed E-state index contributed by atoms with van der Waals surface area (Å²) in [4.78, 5) is 26.1. The van der Waals surface area contributed by atoms with Gasteiger partial charge in [0.15, 0.2) is 6.61 Å². The monoisotopic (exact) mass is 466 g/mol. The largest absolute Gasteiger partial charge is 0.452 e.